The van der Waals surface area contributed by atoms with Crippen LogP contribution in [0.25, 0.3) is 17.0 Å². The predicted octanol–water partition coefficient (Wildman–Crippen LogP) is 3.89. The van der Waals surface area contributed by atoms with Gasteiger partial charge >= 0.3 is 5.63 Å². The maximum Gasteiger partial charge on any atom is 0.343 e. The molecule has 3 aromatic rings. The number of amides is 3. The van der Waals surface area contributed by atoms with Crippen LogP contribution in [-0.2, 0) is 9.59 Å². The van der Waals surface area contributed by atoms with E-state index < -0.39 is 52.4 Å². The summed E-state index contributed by atoms with van der Waals surface area (Å²) in [5.74, 6) is -6.69. The Bertz CT molecular complexity index is 1390. The van der Waals surface area contributed by atoms with E-state index in [1.807, 2.05) is 5.32 Å². The number of hydrogen-bond acceptors (Lipinski definition) is 6. The Balaban J connectivity index is 1.53. The third-order valence-corrected chi connectivity index (χ3v) is 5.35. The van der Waals surface area contributed by atoms with Gasteiger partial charge in [-0.25, -0.2) is 18.0 Å². The predicted molar refractivity (Wildman–Crippen MR) is 110 cm³/mol. The van der Waals surface area contributed by atoms with Crippen LogP contribution in [0.4, 0.5) is 23.7 Å². The van der Waals surface area contributed by atoms with Crippen molar-refractivity contribution in [2.45, 2.75) is 0 Å². The third-order valence-electron chi connectivity index (χ3n) is 4.44. The van der Waals surface area contributed by atoms with Crippen LogP contribution in [0.5, 0.6) is 0 Å². The summed E-state index contributed by atoms with van der Waals surface area (Å²) in [6.45, 7) is -0.799. The van der Waals surface area contributed by atoms with Gasteiger partial charge in [-0.05, 0) is 42.1 Å². The summed E-state index contributed by atoms with van der Waals surface area (Å²) in [7, 11) is 0. The molecule has 2 aromatic carbocycles. The zero-order chi connectivity index (χ0) is 23.0. The number of hydrogen-bond donors (Lipinski definition) is 1. The number of carbonyl (C=O) groups excluding carboxylic acids is 3. The molecule has 0 radical (unpaired) electrons. The van der Waals surface area contributed by atoms with Crippen molar-refractivity contribution in [2.75, 3.05) is 11.9 Å². The molecule has 0 bridgehead atoms. The Morgan fingerprint density at radius 2 is 1.81 bits per heavy atom. The number of carbonyl (C=O) groups is 3. The molecule has 32 heavy (non-hydrogen) atoms. The molecule has 0 saturated carbocycles. The zero-order valence-corrected chi connectivity index (χ0v) is 16.7. The zero-order valence-electron chi connectivity index (χ0n) is 15.9. The molecule has 1 aliphatic heterocycles. The molecule has 4 rings (SSSR count). The average molecular weight is 460 g/mol. The number of fused-ring (bicyclic) bond motifs is 1. The Morgan fingerprint density at radius 3 is 2.59 bits per heavy atom. The van der Waals surface area contributed by atoms with Gasteiger partial charge in [-0.2, -0.15) is 0 Å². The van der Waals surface area contributed by atoms with Crippen LogP contribution in [0.1, 0.15) is 5.56 Å². The van der Waals surface area contributed by atoms with E-state index in [-0.39, 0.29) is 10.5 Å². The highest BCUT2D eigenvalue weighted by Gasteiger charge is 2.36. The highest BCUT2D eigenvalue weighted by atomic mass is 32.2. The summed E-state index contributed by atoms with van der Waals surface area (Å²) in [5, 5.41) is 1.78. The number of nitrogens with zero attached hydrogens (tertiary/aromatic N) is 1. The number of rotatable bonds is 4. The van der Waals surface area contributed by atoms with Crippen molar-refractivity contribution in [3.05, 3.63) is 80.8 Å². The molecule has 7 nitrogen and oxygen atoms in total. The fraction of sp³-hybridized carbons (Fsp3) is 0.0476. The van der Waals surface area contributed by atoms with Gasteiger partial charge in [0.05, 0.1) is 16.2 Å². The van der Waals surface area contributed by atoms with Gasteiger partial charge in [-0.1, -0.05) is 18.2 Å². The highest BCUT2D eigenvalue weighted by molar-refractivity contribution is 8.18. The minimum absolute atomic E-state index is 0.0301. The minimum atomic E-state index is -1.77. The third kappa shape index (κ3) is 4.02. The summed E-state index contributed by atoms with van der Waals surface area (Å²) >= 11 is 0.501. The van der Waals surface area contributed by atoms with Crippen LogP contribution in [0.15, 0.2) is 56.6 Å². The van der Waals surface area contributed by atoms with E-state index in [2.05, 4.69) is 0 Å². The summed E-state index contributed by atoms with van der Waals surface area (Å²) in [4.78, 5) is 49.5. The quantitative estimate of drug-likeness (QED) is 0.361. The van der Waals surface area contributed by atoms with Gasteiger partial charge in [-0.3, -0.25) is 19.3 Å². The fourth-order valence-corrected chi connectivity index (χ4v) is 3.74. The number of para-hydroxylation sites is 1. The molecule has 0 aliphatic carbocycles. The van der Waals surface area contributed by atoms with E-state index in [9.17, 15) is 32.3 Å². The van der Waals surface area contributed by atoms with Gasteiger partial charge in [0.15, 0.2) is 17.5 Å². The summed E-state index contributed by atoms with van der Waals surface area (Å²) in [6.07, 6.45) is 1.18. The molecule has 1 N–H and O–H groups in total. The molecule has 1 aromatic heterocycles. The van der Waals surface area contributed by atoms with Crippen molar-refractivity contribution in [1.82, 2.24) is 4.90 Å². The van der Waals surface area contributed by atoms with E-state index in [0.717, 1.165) is 6.07 Å². The standard InChI is InChI=1S/C21H11F3N2O5S/c22-12-5-6-13(18(24)17(12)23)25-16(27)9-26-19(28)15(32-21(26)30)8-11-7-10-3-1-2-4-14(10)31-20(11)29/h1-8H,9H2,(H,25,27)/b15-8+. The molecule has 3 amide bonds. The van der Waals surface area contributed by atoms with Gasteiger partial charge < -0.3 is 9.73 Å². The SMILES string of the molecule is O=C(CN1C(=O)S/C(=C/c2cc3ccccc3oc2=O)C1=O)Nc1ccc(F)c(F)c1F. The second-order valence-corrected chi connectivity index (χ2v) is 7.56. The van der Waals surface area contributed by atoms with Gasteiger partial charge in [0, 0.05) is 5.39 Å². The molecule has 0 unspecified atom stereocenters. The first kappa shape index (κ1) is 21.4. The van der Waals surface area contributed by atoms with Crippen molar-refractivity contribution < 1.29 is 32.0 Å². The van der Waals surface area contributed by atoms with E-state index >= 15 is 0 Å². The molecule has 11 heteroatoms. The van der Waals surface area contributed by atoms with Crippen LogP contribution in [0.2, 0.25) is 0 Å². The molecule has 162 valence electrons. The lowest BCUT2D eigenvalue weighted by Gasteiger charge is -2.13. The van der Waals surface area contributed by atoms with Gasteiger partial charge in [0.1, 0.15) is 12.1 Å². The smallest absolute Gasteiger partial charge is 0.343 e. The van der Waals surface area contributed by atoms with Crippen LogP contribution >= 0.6 is 11.8 Å². The summed E-state index contributed by atoms with van der Waals surface area (Å²) < 4.78 is 45.2. The highest BCUT2D eigenvalue weighted by Crippen LogP contribution is 2.32. The molecule has 1 fully saturated rings. The van der Waals surface area contributed by atoms with Gasteiger partial charge in [0.2, 0.25) is 5.91 Å². The topological polar surface area (TPSA) is 96.7 Å². The van der Waals surface area contributed by atoms with E-state index in [0.29, 0.717) is 33.7 Å². The number of nitrogens with one attached hydrogen (secondary N) is 1. The molecular weight excluding hydrogens is 449 g/mol. The largest absolute Gasteiger partial charge is 0.422 e. The normalized spacial score (nSPS) is 15.1. The number of benzene rings is 2. The molecule has 0 atom stereocenters. The van der Waals surface area contributed by atoms with Crippen LogP contribution in [0.3, 0.4) is 0 Å². The average Bonchev–Trinajstić information content (AvgIpc) is 3.02. The van der Waals surface area contributed by atoms with Crippen molar-refractivity contribution >= 4 is 51.5 Å². The number of imide groups is 1. The first-order chi connectivity index (χ1) is 15.2. The second-order valence-electron chi connectivity index (χ2n) is 6.57. The molecule has 1 aliphatic rings. The second kappa shape index (κ2) is 8.35. The van der Waals surface area contributed by atoms with Crippen LogP contribution < -0.4 is 10.9 Å². The Labute approximate surface area is 181 Å². The molecule has 0 spiro atoms. The van der Waals surface area contributed by atoms with Crippen LogP contribution in [0, 0.1) is 17.5 Å². The lowest BCUT2D eigenvalue weighted by atomic mass is 10.2. The number of anilines is 1. The van der Waals surface area contributed by atoms with Crippen molar-refractivity contribution in [2.24, 2.45) is 0 Å². The molecule has 1 saturated heterocycles. The minimum Gasteiger partial charge on any atom is -0.422 e. The van der Waals surface area contributed by atoms with Crippen molar-refractivity contribution in [3.8, 4) is 0 Å². The van der Waals surface area contributed by atoms with Gasteiger partial charge in [-0.15, -0.1) is 0 Å². The maximum absolute atomic E-state index is 13.7. The lowest BCUT2D eigenvalue weighted by Crippen LogP contribution is -2.36. The van der Waals surface area contributed by atoms with Gasteiger partial charge in [0.25, 0.3) is 11.1 Å². The maximum atomic E-state index is 13.7. The summed E-state index contributed by atoms with van der Waals surface area (Å²) in [6, 6.07) is 9.63. The van der Waals surface area contributed by atoms with Crippen LogP contribution in [-0.4, -0.2) is 28.5 Å². The first-order valence-electron chi connectivity index (χ1n) is 8.96. The van der Waals surface area contributed by atoms with Crippen molar-refractivity contribution in [3.63, 3.8) is 0 Å². The monoisotopic (exact) mass is 460 g/mol. The fourth-order valence-electron chi connectivity index (χ4n) is 2.91. The van der Waals surface area contributed by atoms with E-state index in [1.165, 1.54) is 12.1 Å². The molecular formula is C21H11F3N2O5S. The molecule has 2 heterocycles. The van der Waals surface area contributed by atoms with Crippen molar-refractivity contribution in [1.29, 1.82) is 0 Å². The Hall–Kier alpha value is -3.86. The summed E-state index contributed by atoms with van der Waals surface area (Å²) in [5.41, 5.74) is -0.987. The Morgan fingerprint density at radius 1 is 1.06 bits per heavy atom. The van der Waals surface area contributed by atoms with E-state index in [1.54, 1.807) is 24.3 Å². The number of thioether (sulfide) groups is 1. The number of halogens is 3. The Kier molecular flexibility index (Phi) is 5.57. The first-order valence-corrected chi connectivity index (χ1v) is 9.78. The lowest BCUT2D eigenvalue weighted by molar-refractivity contribution is -0.127. The van der Waals surface area contributed by atoms with E-state index in [4.69, 9.17) is 4.42 Å².